The smallest absolute Gasteiger partial charge is 0.258 e. The number of nitriles is 1. The van der Waals surface area contributed by atoms with Gasteiger partial charge >= 0.3 is 5.69 Å². The van der Waals surface area contributed by atoms with Crippen LogP contribution in [0.25, 0.3) is 0 Å². The van der Waals surface area contributed by atoms with Crippen molar-refractivity contribution in [3.05, 3.63) is 32.8 Å². The van der Waals surface area contributed by atoms with Crippen LogP contribution in [0, 0.1) is 21.4 Å². The van der Waals surface area contributed by atoms with Gasteiger partial charge in [-0.05, 0) is 12.1 Å². The van der Waals surface area contributed by atoms with Crippen molar-refractivity contribution < 1.29 is 13.3 Å². The minimum Gasteiger partial charge on any atom is -0.258 e. The van der Waals surface area contributed by atoms with Gasteiger partial charge in [0.25, 0.3) is 9.05 Å². The highest BCUT2D eigenvalue weighted by Crippen LogP contribution is 2.32. The molecule has 1 rings (SSSR count). The number of nitro benzene ring substituents is 1. The summed E-state index contributed by atoms with van der Waals surface area (Å²) in [4.78, 5) is 9.22. The number of hydrogen-bond donors (Lipinski definition) is 0. The van der Waals surface area contributed by atoms with Gasteiger partial charge in [-0.1, -0.05) is 11.6 Å². The van der Waals surface area contributed by atoms with Crippen molar-refractivity contribution in [3.63, 3.8) is 0 Å². The molecule has 0 N–H and O–H groups in total. The van der Waals surface area contributed by atoms with E-state index in [9.17, 15) is 18.5 Å². The Kier molecular flexibility index (Phi) is 3.38. The van der Waals surface area contributed by atoms with E-state index in [4.69, 9.17) is 27.5 Å². The minimum absolute atomic E-state index is 0.455. The lowest BCUT2D eigenvalue weighted by Gasteiger charge is -2.00. The molecule has 16 heavy (non-hydrogen) atoms. The summed E-state index contributed by atoms with van der Waals surface area (Å²) in [5, 5.41) is 18.7. The van der Waals surface area contributed by atoms with E-state index < -0.39 is 35.1 Å². The summed E-state index contributed by atoms with van der Waals surface area (Å²) >= 11 is 5.50. The quantitative estimate of drug-likeness (QED) is 0.469. The minimum atomic E-state index is -4.09. The molecule has 0 aliphatic rings. The summed E-state index contributed by atoms with van der Waals surface area (Å²) in [6, 6.07) is 3.10. The lowest BCUT2D eigenvalue weighted by Crippen LogP contribution is -1.98. The van der Waals surface area contributed by atoms with Crippen LogP contribution in [0.1, 0.15) is 5.56 Å². The van der Waals surface area contributed by atoms with Crippen molar-refractivity contribution in [2.45, 2.75) is 4.90 Å². The second kappa shape index (κ2) is 4.25. The maximum atomic E-state index is 11.0. The molecule has 1 aromatic carbocycles. The molecule has 0 bridgehead atoms. The Balaban J connectivity index is 3.65. The molecule has 0 unspecified atom stereocenters. The fraction of sp³-hybridized carbons (Fsp3) is 0. The van der Waals surface area contributed by atoms with E-state index in [0.717, 1.165) is 12.1 Å². The van der Waals surface area contributed by atoms with Crippen molar-refractivity contribution in [3.8, 4) is 6.07 Å². The first-order valence-electron chi connectivity index (χ1n) is 3.60. The SMILES string of the molecule is N#Cc1cc(S(=O)(=O)Cl)cc(Cl)c1[N+](=O)[O-]. The van der Waals surface area contributed by atoms with Gasteiger partial charge in [0.05, 0.1) is 9.82 Å². The van der Waals surface area contributed by atoms with Crippen LogP contribution in [-0.4, -0.2) is 13.3 Å². The van der Waals surface area contributed by atoms with Crippen LogP contribution in [0.3, 0.4) is 0 Å². The maximum absolute atomic E-state index is 11.0. The molecule has 0 saturated carbocycles. The topological polar surface area (TPSA) is 101 Å². The van der Waals surface area contributed by atoms with Crippen LogP contribution in [0.15, 0.2) is 17.0 Å². The predicted octanol–water partition coefficient (Wildman–Crippen LogP) is 2.05. The monoisotopic (exact) mass is 280 g/mol. The molecular weight excluding hydrogens is 279 g/mol. The standard InChI is InChI=1S/C7H2Cl2N2O4S/c8-6-2-5(16(9,14)15)1-4(3-10)7(6)11(12)13/h1-2H. The summed E-state index contributed by atoms with van der Waals surface area (Å²) in [6.07, 6.45) is 0. The van der Waals surface area contributed by atoms with Crippen molar-refractivity contribution in [2.75, 3.05) is 0 Å². The zero-order valence-corrected chi connectivity index (χ0v) is 9.67. The highest BCUT2D eigenvalue weighted by Gasteiger charge is 2.23. The zero-order valence-electron chi connectivity index (χ0n) is 7.35. The number of nitro groups is 1. The molecule has 6 nitrogen and oxygen atoms in total. The van der Waals surface area contributed by atoms with E-state index >= 15 is 0 Å². The highest BCUT2D eigenvalue weighted by molar-refractivity contribution is 8.13. The third kappa shape index (κ3) is 2.41. The number of rotatable bonds is 2. The molecule has 0 aliphatic heterocycles. The first kappa shape index (κ1) is 12.7. The van der Waals surface area contributed by atoms with Gasteiger partial charge in [0, 0.05) is 10.7 Å². The van der Waals surface area contributed by atoms with Gasteiger partial charge in [-0.2, -0.15) is 5.26 Å². The number of hydrogen-bond acceptors (Lipinski definition) is 5. The van der Waals surface area contributed by atoms with Gasteiger partial charge in [-0.3, -0.25) is 10.1 Å². The lowest BCUT2D eigenvalue weighted by atomic mass is 10.2. The Morgan fingerprint density at radius 3 is 2.38 bits per heavy atom. The van der Waals surface area contributed by atoms with Crippen molar-refractivity contribution in [2.24, 2.45) is 0 Å². The third-order valence-corrected chi connectivity index (χ3v) is 3.24. The summed E-state index contributed by atoms with van der Waals surface area (Å²) in [5.41, 5.74) is -1.11. The van der Waals surface area contributed by atoms with Crippen LogP contribution in [0.2, 0.25) is 5.02 Å². The maximum Gasteiger partial charge on any atom is 0.305 e. The van der Waals surface area contributed by atoms with Gasteiger partial charge < -0.3 is 0 Å². The van der Waals surface area contributed by atoms with Gasteiger partial charge in [0.15, 0.2) is 0 Å². The average molecular weight is 281 g/mol. The molecule has 9 heteroatoms. The second-order valence-corrected chi connectivity index (χ2v) is 5.58. The molecule has 0 fully saturated rings. The Morgan fingerprint density at radius 1 is 1.44 bits per heavy atom. The van der Waals surface area contributed by atoms with Crippen LogP contribution in [0.4, 0.5) is 5.69 Å². The fourth-order valence-electron chi connectivity index (χ4n) is 0.986. The molecule has 84 valence electrons. The number of nitrogens with zero attached hydrogens (tertiary/aromatic N) is 2. The predicted molar refractivity (Wildman–Crippen MR) is 55.9 cm³/mol. The Morgan fingerprint density at radius 2 is 2.00 bits per heavy atom. The summed E-state index contributed by atoms with van der Waals surface area (Å²) in [6.45, 7) is 0. The van der Waals surface area contributed by atoms with Gasteiger partial charge in [0.2, 0.25) is 0 Å². The zero-order chi connectivity index (χ0) is 12.5. The normalized spacial score (nSPS) is 10.8. The largest absolute Gasteiger partial charge is 0.305 e. The number of benzene rings is 1. The Labute approximate surface area is 99.6 Å². The fourth-order valence-corrected chi connectivity index (χ4v) is 2.12. The Hall–Kier alpha value is -1.36. The van der Waals surface area contributed by atoms with E-state index in [0.29, 0.717) is 0 Å². The van der Waals surface area contributed by atoms with Crippen LogP contribution in [-0.2, 0) is 9.05 Å². The third-order valence-electron chi connectivity index (χ3n) is 1.62. The molecule has 0 atom stereocenters. The van der Waals surface area contributed by atoms with Gasteiger partial charge in [-0.25, -0.2) is 8.42 Å². The van der Waals surface area contributed by atoms with Crippen molar-refractivity contribution >= 4 is 37.0 Å². The average Bonchev–Trinajstić information content (AvgIpc) is 2.14. The van der Waals surface area contributed by atoms with Gasteiger partial charge in [-0.15, -0.1) is 0 Å². The van der Waals surface area contributed by atoms with E-state index in [1.807, 2.05) is 0 Å². The summed E-state index contributed by atoms with van der Waals surface area (Å²) in [5.74, 6) is 0. The summed E-state index contributed by atoms with van der Waals surface area (Å²) in [7, 11) is 0.939. The van der Waals surface area contributed by atoms with Crippen molar-refractivity contribution in [1.29, 1.82) is 5.26 Å². The Bertz CT molecular complexity index is 606. The van der Waals surface area contributed by atoms with E-state index in [-0.39, 0.29) is 0 Å². The molecule has 0 spiro atoms. The van der Waals surface area contributed by atoms with E-state index in [1.54, 1.807) is 0 Å². The van der Waals surface area contributed by atoms with Crippen LogP contribution >= 0.6 is 22.3 Å². The molecular formula is C7H2Cl2N2O4S. The second-order valence-electron chi connectivity index (χ2n) is 2.61. The molecule has 0 aromatic heterocycles. The molecule has 0 amide bonds. The molecule has 0 heterocycles. The molecule has 1 aromatic rings. The number of halogens is 2. The van der Waals surface area contributed by atoms with Gasteiger partial charge in [0.1, 0.15) is 16.7 Å². The lowest BCUT2D eigenvalue weighted by molar-refractivity contribution is -0.385. The molecule has 0 aliphatic carbocycles. The van der Waals surface area contributed by atoms with Crippen LogP contribution < -0.4 is 0 Å². The van der Waals surface area contributed by atoms with E-state index in [2.05, 4.69) is 0 Å². The highest BCUT2D eigenvalue weighted by atomic mass is 35.7. The summed E-state index contributed by atoms with van der Waals surface area (Å²) < 4.78 is 21.9. The van der Waals surface area contributed by atoms with E-state index in [1.165, 1.54) is 6.07 Å². The molecule has 0 saturated heterocycles. The molecule has 0 radical (unpaired) electrons. The van der Waals surface area contributed by atoms with Crippen LogP contribution in [0.5, 0.6) is 0 Å². The first-order valence-corrected chi connectivity index (χ1v) is 6.29. The van der Waals surface area contributed by atoms with Crippen molar-refractivity contribution in [1.82, 2.24) is 0 Å². The first-order chi connectivity index (χ1) is 7.27.